The fourth-order valence-electron chi connectivity index (χ4n) is 7.55. The molecule has 14 heteroatoms. The summed E-state index contributed by atoms with van der Waals surface area (Å²) in [6, 6.07) is 4.68. The number of rotatable bonds is 8. The summed E-state index contributed by atoms with van der Waals surface area (Å²) in [5.74, 6) is 1.37. The van der Waals surface area contributed by atoms with Gasteiger partial charge in [0.1, 0.15) is 12.2 Å². The number of fused-ring (bicyclic) bond motifs is 2. The van der Waals surface area contributed by atoms with E-state index >= 15 is 0 Å². The van der Waals surface area contributed by atoms with Crippen LogP contribution in [0.3, 0.4) is 0 Å². The van der Waals surface area contributed by atoms with Gasteiger partial charge in [-0.3, -0.25) is 19.3 Å². The first-order chi connectivity index (χ1) is 25.8. The lowest BCUT2D eigenvalue weighted by Crippen LogP contribution is -2.27. The second kappa shape index (κ2) is 15.2. The molecule has 4 saturated heterocycles. The van der Waals surface area contributed by atoms with Crippen molar-refractivity contribution >= 4 is 11.4 Å². The van der Waals surface area contributed by atoms with Gasteiger partial charge in [0.25, 0.3) is 0 Å². The summed E-state index contributed by atoms with van der Waals surface area (Å²) < 4.78 is 38.3. The first-order valence-corrected chi connectivity index (χ1v) is 18.6. The van der Waals surface area contributed by atoms with Crippen molar-refractivity contribution in [1.29, 1.82) is 0 Å². The zero-order chi connectivity index (χ0) is 34.7. The van der Waals surface area contributed by atoms with E-state index in [2.05, 4.69) is 32.6 Å². The van der Waals surface area contributed by atoms with Crippen molar-refractivity contribution in [3.05, 3.63) is 82.7 Å². The van der Waals surface area contributed by atoms with Gasteiger partial charge in [-0.15, -0.1) is 0 Å². The fourth-order valence-corrected chi connectivity index (χ4v) is 7.55. The first kappa shape index (κ1) is 33.3. The largest absolute Gasteiger partial charge is 0.474 e. The van der Waals surface area contributed by atoms with Crippen LogP contribution in [0.15, 0.2) is 59.3 Å². The number of aromatic nitrogens is 6. The van der Waals surface area contributed by atoms with E-state index in [1.165, 1.54) is 0 Å². The van der Waals surface area contributed by atoms with Crippen molar-refractivity contribution < 1.29 is 28.4 Å². The van der Waals surface area contributed by atoms with Crippen molar-refractivity contribution in [3.8, 4) is 11.8 Å². The zero-order valence-electron chi connectivity index (χ0n) is 29.3. The molecule has 2 atom stereocenters. The Balaban J connectivity index is 0.000000138. The van der Waals surface area contributed by atoms with Gasteiger partial charge >= 0.3 is 0 Å². The molecule has 0 aliphatic carbocycles. The van der Waals surface area contributed by atoms with Gasteiger partial charge in [0.2, 0.25) is 11.8 Å². The molecule has 52 heavy (non-hydrogen) atoms. The average Bonchev–Trinajstić information content (AvgIpc) is 4.03. The third-order valence-corrected chi connectivity index (χ3v) is 10.5. The molecule has 0 amide bonds. The molecular weight excluding hydrogens is 664 g/mol. The number of aliphatic imine (C=N–C) groups is 2. The third kappa shape index (κ3) is 6.99. The summed E-state index contributed by atoms with van der Waals surface area (Å²) in [5.41, 5.74) is 8.24. The lowest BCUT2D eigenvalue weighted by Gasteiger charge is -2.23. The second-order valence-corrected chi connectivity index (χ2v) is 13.9. The van der Waals surface area contributed by atoms with E-state index in [0.29, 0.717) is 36.9 Å². The van der Waals surface area contributed by atoms with Crippen molar-refractivity contribution in [3.63, 3.8) is 0 Å². The summed E-state index contributed by atoms with van der Waals surface area (Å²) in [5, 5.41) is 9.08. The van der Waals surface area contributed by atoms with Gasteiger partial charge in [-0.1, -0.05) is 0 Å². The van der Waals surface area contributed by atoms with Crippen LogP contribution in [0.4, 0.5) is 0 Å². The first-order valence-electron chi connectivity index (χ1n) is 18.6. The summed E-state index contributed by atoms with van der Waals surface area (Å²) >= 11 is 0. The van der Waals surface area contributed by atoms with E-state index in [9.17, 15) is 0 Å². The van der Waals surface area contributed by atoms with Crippen LogP contribution < -0.4 is 9.47 Å². The summed E-state index contributed by atoms with van der Waals surface area (Å²) in [6.45, 7) is 7.37. The molecule has 14 nitrogen and oxygen atoms in total. The Bertz CT molecular complexity index is 1780. The normalized spacial score (nSPS) is 23.1. The van der Waals surface area contributed by atoms with Crippen molar-refractivity contribution in [2.45, 2.75) is 75.9 Å². The lowest BCUT2D eigenvalue weighted by molar-refractivity contribution is 0.0234. The molecule has 4 fully saturated rings. The predicted octanol–water partition coefficient (Wildman–Crippen LogP) is 4.30. The average molecular weight is 709 g/mol. The SMILES string of the molecule is c1cc2c(c(OC3CCOCC3)n1)C(c1cnn([C@@H]3CCOC3)c1)=NC2.c1cc2c(c(OC3CCOCC3)n1)C(c1cnn([C@H]3CCOC3)c1)=NC2. The number of hydrogen-bond acceptors (Lipinski definition) is 12. The smallest absolute Gasteiger partial charge is 0.223 e. The van der Waals surface area contributed by atoms with Crippen LogP contribution >= 0.6 is 0 Å². The highest BCUT2D eigenvalue weighted by Crippen LogP contribution is 2.33. The van der Waals surface area contributed by atoms with Crippen LogP contribution in [0.5, 0.6) is 11.8 Å². The standard InChI is InChI=1S/2C19H22N4O3/c2*1-5-20-19(26-16-3-7-24-8-4-16)17-13(1)9-21-18(17)14-10-22-23(11-14)15-2-6-25-12-15/h2*1,5,10-11,15-16H,2-4,6-9,12H2/t2*15-/m10/s1. The van der Waals surface area contributed by atoms with Crippen LogP contribution in [0.25, 0.3) is 0 Å². The van der Waals surface area contributed by atoms with Gasteiger partial charge in [-0.25, -0.2) is 9.97 Å². The minimum Gasteiger partial charge on any atom is -0.474 e. The van der Waals surface area contributed by atoms with Crippen molar-refractivity contribution in [2.24, 2.45) is 9.98 Å². The molecular formula is C38H44N8O6. The maximum atomic E-state index is 6.24. The van der Waals surface area contributed by atoms with E-state index in [1.54, 1.807) is 0 Å². The van der Waals surface area contributed by atoms with Gasteiger partial charge in [0.15, 0.2) is 0 Å². The summed E-state index contributed by atoms with van der Waals surface area (Å²) in [6.07, 6.45) is 17.4. The molecule has 10 heterocycles. The maximum Gasteiger partial charge on any atom is 0.223 e. The van der Waals surface area contributed by atoms with Crippen LogP contribution in [0.1, 0.15) is 84.0 Å². The minimum absolute atomic E-state index is 0.156. The maximum absolute atomic E-state index is 6.24. The molecule has 0 saturated carbocycles. The quantitative estimate of drug-likeness (QED) is 0.260. The molecule has 6 aliphatic rings. The van der Waals surface area contributed by atoms with Gasteiger partial charge in [-0.2, -0.15) is 10.2 Å². The number of pyridine rings is 2. The number of ether oxygens (including phenoxy) is 6. The van der Waals surface area contributed by atoms with E-state index in [-0.39, 0.29) is 12.2 Å². The Morgan fingerprint density at radius 1 is 0.558 bits per heavy atom. The summed E-state index contributed by atoms with van der Waals surface area (Å²) in [4.78, 5) is 18.5. The second-order valence-electron chi connectivity index (χ2n) is 13.9. The highest BCUT2D eigenvalue weighted by atomic mass is 16.5. The number of nitrogens with zero attached hydrogens (tertiary/aromatic N) is 8. The minimum atomic E-state index is 0.156. The Morgan fingerprint density at radius 3 is 1.42 bits per heavy atom. The molecule has 4 aromatic heterocycles. The van der Waals surface area contributed by atoms with Crippen LogP contribution in [0, 0.1) is 0 Å². The molecule has 4 aromatic rings. The Kier molecular flexibility index (Phi) is 9.77. The van der Waals surface area contributed by atoms with Gasteiger partial charge in [0.05, 0.1) is 99.8 Å². The van der Waals surface area contributed by atoms with Gasteiger partial charge in [-0.05, 0) is 36.1 Å². The Hall–Kier alpha value is -4.50. The highest BCUT2D eigenvalue weighted by Gasteiger charge is 2.29. The van der Waals surface area contributed by atoms with E-state index in [1.807, 2.05) is 46.3 Å². The summed E-state index contributed by atoms with van der Waals surface area (Å²) in [7, 11) is 0. The zero-order valence-corrected chi connectivity index (χ0v) is 29.3. The van der Waals surface area contributed by atoms with Gasteiger partial charge in [0, 0.05) is 74.8 Å². The Morgan fingerprint density at radius 2 is 1.00 bits per heavy atom. The van der Waals surface area contributed by atoms with Crippen LogP contribution in [0.2, 0.25) is 0 Å². The number of hydrogen-bond donors (Lipinski definition) is 0. The van der Waals surface area contributed by atoms with Crippen LogP contribution in [-0.2, 0) is 32.0 Å². The third-order valence-electron chi connectivity index (χ3n) is 10.5. The monoisotopic (exact) mass is 708 g/mol. The van der Waals surface area contributed by atoms with Crippen molar-refractivity contribution in [1.82, 2.24) is 29.5 Å². The van der Waals surface area contributed by atoms with Crippen molar-refractivity contribution in [2.75, 3.05) is 52.9 Å². The van der Waals surface area contributed by atoms with E-state index < -0.39 is 0 Å². The molecule has 0 radical (unpaired) electrons. The molecule has 0 bridgehead atoms. The lowest BCUT2D eigenvalue weighted by atomic mass is 10.0. The molecule has 272 valence electrons. The van der Waals surface area contributed by atoms with E-state index in [0.717, 1.165) is 136 Å². The fraction of sp³-hybridized carbons (Fsp3) is 0.526. The Labute approximate surface area is 302 Å². The predicted molar refractivity (Wildman–Crippen MR) is 189 cm³/mol. The van der Waals surface area contributed by atoms with Gasteiger partial charge < -0.3 is 28.4 Å². The molecule has 10 rings (SSSR count). The van der Waals surface area contributed by atoms with Crippen LogP contribution in [-0.4, -0.2) is 106 Å². The molecule has 0 unspecified atom stereocenters. The molecule has 6 aliphatic heterocycles. The molecule has 0 aromatic carbocycles. The topological polar surface area (TPSA) is 142 Å². The molecule has 0 spiro atoms. The van der Waals surface area contributed by atoms with E-state index in [4.69, 9.17) is 38.4 Å². The molecule has 0 N–H and O–H groups in total. The highest BCUT2D eigenvalue weighted by molar-refractivity contribution is 6.16.